The Kier molecular flexibility index (Phi) is 4.52. The van der Waals surface area contributed by atoms with Crippen LogP contribution >= 0.6 is 0 Å². The normalized spacial score (nSPS) is 28.0. The molecule has 1 N–H and O–H groups in total. The summed E-state index contributed by atoms with van der Waals surface area (Å²) in [5, 5.41) is 10.1. The fraction of sp³-hybridized carbons (Fsp3) is 0.769. The lowest BCUT2D eigenvalue weighted by atomic mass is 9.72. The van der Waals surface area contributed by atoms with Gasteiger partial charge in [0.1, 0.15) is 6.29 Å². The molecule has 2 heteroatoms. The van der Waals surface area contributed by atoms with E-state index in [1.165, 1.54) is 0 Å². The molecule has 2 unspecified atom stereocenters. The number of hydrogen-bond donors (Lipinski definition) is 1. The number of carbonyl (C=O) groups is 1. The average Bonchev–Trinajstić information content (AvgIpc) is 2.26. The molecular formula is C13H22O2. The average molecular weight is 210 g/mol. The van der Waals surface area contributed by atoms with Crippen LogP contribution in [-0.2, 0) is 4.79 Å². The van der Waals surface area contributed by atoms with Crippen LogP contribution in [0.4, 0.5) is 0 Å². The lowest BCUT2D eigenvalue weighted by molar-refractivity contribution is -0.123. The first-order chi connectivity index (χ1) is 7.10. The van der Waals surface area contributed by atoms with Crippen LogP contribution in [0.5, 0.6) is 0 Å². The predicted molar refractivity (Wildman–Crippen MR) is 61.6 cm³/mol. The zero-order chi connectivity index (χ0) is 11.3. The van der Waals surface area contributed by atoms with Crippen molar-refractivity contribution in [1.82, 2.24) is 0 Å². The fourth-order valence-corrected chi connectivity index (χ4v) is 2.14. The van der Waals surface area contributed by atoms with Gasteiger partial charge in [-0.05, 0) is 38.0 Å². The Morgan fingerprint density at radius 3 is 2.60 bits per heavy atom. The lowest BCUT2D eigenvalue weighted by Gasteiger charge is -2.34. The van der Waals surface area contributed by atoms with Crippen molar-refractivity contribution in [3.63, 3.8) is 0 Å². The summed E-state index contributed by atoms with van der Waals surface area (Å²) in [7, 11) is 0. The monoisotopic (exact) mass is 210 g/mol. The molecule has 0 fully saturated rings. The Bertz CT molecular complexity index is 233. The van der Waals surface area contributed by atoms with Gasteiger partial charge in [-0.2, -0.15) is 0 Å². The van der Waals surface area contributed by atoms with E-state index in [-0.39, 0.29) is 0 Å². The summed E-state index contributed by atoms with van der Waals surface area (Å²) in [6.45, 7) is 4.28. The highest BCUT2D eigenvalue weighted by molar-refractivity contribution is 5.61. The van der Waals surface area contributed by atoms with Crippen molar-refractivity contribution in [2.75, 3.05) is 0 Å². The predicted octanol–water partition coefficient (Wildman–Crippen LogP) is 2.71. The Morgan fingerprint density at radius 2 is 2.13 bits per heavy atom. The minimum absolute atomic E-state index is 0.470. The smallest absolute Gasteiger partial charge is 0.129 e. The molecule has 2 atom stereocenters. The molecule has 15 heavy (non-hydrogen) atoms. The van der Waals surface area contributed by atoms with Crippen molar-refractivity contribution >= 4 is 6.29 Å². The molecular weight excluding hydrogens is 188 g/mol. The molecule has 0 aromatic rings. The number of hydrogen-bond acceptors (Lipinski definition) is 2. The molecule has 0 aromatic heterocycles. The molecule has 1 aliphatic carbocycles. The van der Waals surface area contributed by atoms with E-state index in [4.69, 9.17) is 0 Å². The first-order valence-electron chi connectivity index (χ1n) is 5.90. The molecule has 0 saturated heterocycles. The summed E-state index contributed by atoms with van der Waals surface area (Å²) >= 11 is 0. The van der Waals surface area contributed by atoms with Crippen molar-refractivity contribution in [3.8, 4) is 0 Å². The molecule has 0 amide bonds. The summed E-state index contributed by atoms with van der Waals surface area (Å²) in [6, 6.07) is 0. The van der Waals surface area contributed by atoms with Gasteiger partial charge in [0, 0.05) is 0 Å². The SMILES string of the molecule is CC(C)CCC(O)C1(C=O)CC=CCC1. The Hall–Kier alpha value is -0.630. The summed E-state index contributed by atoms with van der Waals surface area (Å²) < 4.78 is 0. The van der Waals surface area contributed by atoms with E-state index in [2.05, 4.69) is 19.9 Å². The molecule has 0 aromatic carbocycles. The Balaban J connectivity index is 2.56. The lowest BCUT2D eigenvalue weighted by Crippen LogP contribution is -2.37. The number of aliphatic hydroxyl groups excluding tert-OH is 1. The largest absolute Gasteiger partial charge is 0.392 e. The van der Waals surface area contributed by atoms with Crippen LogP contribution in [0, 0.1) is 11.3 Å². The highest BCUT2D eigenvalue weighted by atomic mass is 16.3. The summed E-state index contributed by atoms with van der Waals surface area (Å²) in [6.07, 6.45) is 8.77. The number of allylic oxidation sites excluding steroid dienone is 2. The fourth-order valence-electron chi connectivity index (χ4n) is 2.14. The van der Waals surface area contributed by atoms with Crippen LogP contribution in [0.25, 0.3) is 0 Å². The van der Waals surface area contributed by atoms with Gasteiger partial charge in [0.25, 0.3) is 0 Å². The molecule has 0 aliphatic heterocycles. The first-order valence-corrected chi connectivity index (χ1v) is 5.90. The van der Waals surface area contributed by atoms with Gasteiger partial charge in [0.05, 0.1) is 11.5 Å². The van der Waals surface area contributed by atoms with E-state index < -0.39 is 11.5 Å². The topological polar surface area (TPSA) is 37.3 Å². The van der Waals surface area contributed by atoms with E-state index in [9.17, 15) is 9.90 Å². The van der Waals surface area contributed by atoms with Gasteiger partial charge >= 0.3 is 0 Å². The second kappa shape index (κ2) is 5.45. The van der Waals surface area contributed by atoms with E-state index in [1.807, 2.05) is 6.08 Å². The molecule has 1 rings (SSSR count). The standard InChI is InChI=1S/C13H22O2/c1-11(2)6-7-12(15)13(10-14)8-4-3-5-9-13/h3-4,10-12,15H,5-9H2,1-2H3. The van der Waals surface area contributed by atoms with Crippen molar-refractivity contribution in [2.45, 2.75) is 52.1 Å². The molecule has 0 heterocycles. The molecule has 86 valence electrons. The summed E-state index contributed by atoms with van der Waals surface area (Å²) in [5.74, 6) is 0.586. The van der Waals surface area contributed by atoms with Gasteiger partial charge in [-0.1, -0.05) is 26.0 Å². The van der Waals surface area contributed by atoms with E-state index in [0.717, 1.165) is 32.0 Å². The Morgan fingerprint density at radius 1 is 1.40 bits per heavy atom. The second-order valence-electron chi connectivity index (χ2n) is 5.05. The Labute approximate surface area is 92.4 Å². The van der Waals surface area contributed by atoms with Gasteiger partial charge in [-0.15, -0.1) is 0 Å². The summed E-state index contributed by atoms with van der Waals surface area (Å²) in [4.78, 5) is 11.2. The highest BCUT2D eigenvalue weighted by Crippen LogP contribution is 2.36. The van der Waals surface area contributed by atoms with Gasteiger partial charge in [-0.25, -0.2) is 0 Å². The maximum atomic E-state index is 11.2. The zero-order valence-corrected chi connectivity index (χ0v) is 9.78. The quantitative estimate of drug-likeness (QED) is 0.559. The summed E-state index contributed by atoms with van der Waals surface area (Å²) in [5.41, 5.74) is -0.496. The highest BCUT2D eigenvalue weighted by Gasteiger charge is 2.37. The van der Waals surface area contributed by atoms with Crippen LogP contribution in [-0.4, -0.2) is 17.5 Å². The van der Waals surface area contributed by atoms with Crippen LogP contribution in [0.15, 0.2) is 12.2 Å². The second-order valence-corrected chi connectivity index (χ2v) is 5.05. The van der Waals surface area contributed by atoms with Gasteiger partial charge in [0.2, 0.25) is 0 Å². The minimum Gasteiger partial charge on any atom is -0.392 e. The third-order valence-electron chi connectivity index (χ3n) is 3.36. The number of carbonyl (C=O) groups excluding carboxylic acids is 1. The van der Waals surface area contributed by atoms with Gasteiger partial charge in [0.15, 0.2) is 0 Å². The van der Waals surface area contributed by atoms with Gasteiger partial charge in [-0.3, -0.25) is 0 Å². The number of rotatable bonds is 5. The van der Waals surface area contributed by atoms with Gasteiger partial charge < -0.3 is 9.90 Å². The minimum atomic E-state index is -0.496. The van der Waals surface area contributed by atoms with E-state index in [1.54, 1.807) is 0 Å². The molecule has 0 saturated carbocycles. The van der Waals surface area contributed by atoms with Crippen LogP contribution in [0.2, 0.25) is 0 Å². The number of aliphatic hydroxyl groups is 1. The molecule has 0 spiro atoms. The zero-order valence-electron chi connectivity index (χ0n) is 9.78. The van der Waals surface area contributed by atoms with Crippen molar-refractivity contribution in [2.24, 2.45) is 11.3 Å². The van der Waals surface area contributed by atoms with Crippen LogP contribution in [0.1, 0.15) is 46.0 Å². The molecule has 0 radical (unpaired) electrons. The molecule has 0 bridgehead atoms. The molecule has 1 aliphatic rings. The van der Waals surface area contributed by atoms with Crippen LogP contribution in [0.3, 0.4) is 0 Å². The maximum absolute atomic E-state index is 11.2. The van der Waals surface area contributed by atoms with Crippen LogP contribution < -0.4 is 0 Å². The third-order valence-corrected chi connectivity index (χ3v) is 3.36. The van der Waals surface area contributed by atoms with Crippen molar-refractivity contribution in [3.05, 3.63) is 12.2 Å². The third kappa shape index (κ3) is 3.16. The van der Waals surface area contributed by atoms with E-state index in [0.29, 0.717) is 12.3 Å². The van der Waals surface area contributed by atoms with E-state index >= 15 is 0 Å². The first kappa shape index (κ1) is 12.4. The van der Waals surface area contributed by atoms with Crippen molar-refractivity contribution < 1.29 is 9.90 Å². The maximum Gasteiger partial charge on any atom is 0.129 e. The van der Waals surface area contributed by atoms with Crippen molar-refractivity contribution in [1.29, 1.82) is 0 Å². The number of aldehydes is 1. The molecule has 2 nitrogen and oxygen atoms in total.